The van der Waals surface area contributed by atoms with Crippen LogP contribution in [0.3, 0.4) is 0 Å². The summed E-state index contributed by atoms with van der Waals surface area (Å²) in [5.41, 5.74) is 6.66. The van der Waals surface area contributed by atoms with E-state index in [-0.39, 0.29) is 11.6 Å². The molecule has 0 atom stereocenters. The van der Waals surface area contributed by atoms with Crippen molar-refractivity contribution < 1.29 is 9.18 Å². The molecule has 2 heteroatoms. The molecule has 0 heterocycles. The predicted molar refractivity (Wildman–Crippen MR) is 161 cm³/mol. The number of halogens is 1. The van der Waals surface area contributed by atoms with Crippen LogP contribution in [0.1, 0.15) is 104 Å². The normalized spacial score (nSPS) is 11.2. The van der Waals surface area contributed by atoms with Crippen LogP contribution in [0.15, 0.2) is 85.5 Å². The van der Waals surface area contributed by atoms with Crippen molar-refractivity contribution in [2.45, 2.75) is 84.0 Å². The Morgan fingerprint density at radius 3 is 1.53 bits per heavy atom. The molecule has 0 fully saturated rings. The molecule has 0 aliphatic rings. The standard InChI is InChI=1S/C36H43FO/c1-29(2)33-22-19-31(20-23-33)14-12-10-8-6-4-3-5-7-9-11-13-30-15-17-32(18-16-30)21-28-36(38)34-24-26-35(37)27-25-34/h15-28H,1,3-14H2,2H3. The molecule has 3 aromatic carbocycles. The van der Waals surface area contributed by atoms with Crippen LogP contribution in [0.4, 0.5) is 4.39 Å². The van der Waals surface area contributed by atoms with E-state index >= 15 is 0 Å². The summed E-state index contributed by atoms with van der Waals surface area (Å²) in [6.07, 6.45) is 18.9. The molecule has 0 aliphatic carbocycles. The van der Waals surface area contributed by atoms with Gasteiger partial charge in [0, 0.05) is 5.56 Å². The smallest absolute Gasteiger partial charge is 0.185 e. The summed E-state index contributed by atoms with van der Waals surface area (Å²) < 4.78 is 13.0. The first-order valence-corrected chi connectivity index (χ1v) is 14.3. The lowest BCUT2D eigenvalue weighted by Gasteiger charge is -2.05. The van der Waals surface area contributed by atoms with Crippen molar-refractivity contribution in [2.75, 3.05) is 0 Å². The number of hydrogen-bond acceptors (Lipinski definition) is 1. The Morgan fingerprint density at radius 2 is 1.05 bits per heavy atom. The number of ketones is 1. The molecule has 1 nitrogen and oxygen atoms in total. The summed E-state index contributed by atoms with van der Waals surface area (Å²) in [4.78, 5) is 12.2. The van der Waals surface area contributed by atoms with E-state index in [9.17, 15) is 9.18 Å². The molecule has 0 radical (unpaired) electrons. The zero-order valence-corrected chi connectivity index (χ0v) is 23.1. The third-order valence-electron chi connectivity index (χ3n) is 7.16. The minimum absolute atomic E-state index is 0.116. The molecule has 0 aliphatic heterocycles. The predicted octanol–water partition coefficient (Wildman–Crippen LogP) is 10.4. The molecular formula is C36H43FO. The van der Waals surface area contributed by atoms with E-state index in [1.54, 1.807) is 6.08 Å². The highest BCUT2D eigenvalue weighted by molar-refractivity contribution is 6.06. The Hall–Kier alpha value is -3.26. The van der Waals surface area contributed by atoms with Crippen molar-refractivity contribution in [3.05, 3.63) is 119 Å². The summed E-state index contributed by atoms with van der Waals surface area (Å²) >= 11 is 0. The number of allylic oxidation sites excluding steroid dienone is 2. The molecule has 0 N–H and O–H groups in total. The highest BCUT2D eigenvalue weighted by Gasteiger charge is 2.02. The van der Waals surface area contributed by atoms with Crippen molar-refractivity contribution in [1.82, 2.24) is 0 Å². The SMILES string of the molecule is C=C(C)c1ccc(CCCCCCCCCCCCc2ccc(C=CC(=O)c3ccc(F)cc3)cc2)cc1. The zero-order chi connectivity index (χ0) is 27.0. The summed E-state index contributed by atoms with van der Waals surface area (Å²) in [6, 6.07) is 22.9. The number of rotatable bonds is 17. The maximum absolute atomic E-state index is 13.0. The van der Waals surface area contributed by atoms with Crippen LogP contribution in [-0.2, 0) is 12.8 Å². The first-order valence-electron chi connectivity index (χ1n) is 14.3. The number of carbonyl (C=O) groups is 1. The lowest BCUT2D eigenvalue weighted by atomic mass is 10.0. The monoisotopic (exact) mass is 510 g/mol. The lowest BCUT2D eigenvalue weighted by molar-refractivity contribution is 0.104. The molecular weight excluding hydrogens is 467 g/mol. The van der Waals surface area contributed by atoms with Crippen LogP contribution in [-0.4, -0.2) is 5.78 Å². The Bertz CT molecular complexity index is 1140. The fourth-order valence-electron chi connectivity index (χ4n) is 4.71. The minimum atomic E-state index is -0.333. The van der Waals surface area contributed by atoms with Gasteiger partial charge < -0.3 is 0 Å². The summed E-state index contributed by atoms with van der Waals surface area (Å²) in [5.74, 6) is -0.449. The second-order valence-electron chi connectivity index (χ2n) is 10.5. The van der Waals surface area contributed by atoms with E-state index in [0.717, 1.165) is 17.6 Å². The zero-order valence-electron chi connectivity index (χ0n) is 23.1. The Kier molecular flexibility index (Phi) is 12.8. The van der Waals surface area contributed by atoms with Crippen molar-refractivity contribution in [3.63, 3.8) is 0 Å². The van der Waals surface area contributed by atoms with Gasteiger partial charge in [-0.1, -0.05) is 118 Å². The average molecular weight is 511 g/mol. The topological polar surface area (TPSA) is 17.1 Å². The Balaban J connectivity index is 1.17. The number of carbonyl (C=O) groups excluding carboxylic acids is 1. The summed E-state index contributed by atoms with van der Waals surface area (Å²) in [6.45, 7) is 6.06. The van der Waals surface area contributed by atoms with Gasteiger partial charge in [-0.2, -0.15) is 0 Å². The average Bonchev–Trinajstić information content (AvgIpc) is 2.93. The Labute approximate surface area is 229 Å². The van der Waals surface area contributed by atoms with Crippen molar-refractivity contribution in [3.8, 4) is 0 Å². The molecule has 200 valence electrons. The lowest BCUT2D eigenvalue weighted by Crippen LogP contribution is -1.93. The first kappa shape index (κ1) is 29.3. The maximum atomic E-state index is 13.0. The van der Waals surface area contributed by atoms with Crippen LogP contribution < -0.4 is 0 Å². The van der Waals surface area contributed by atoms with Crippen LogP contribution in [0.25, 0.3) is 11.6 Å². The fourth-order valence-corrected chi connectivity index (χ4v) is 4.71. The van der Waals surface area contributed by atoms with Crippen LogP contribution in [0, 0.1) is 5.82 Å². The van der Waals surface area contributed by atoms with E-state index in [0.29, 0.717) is 5.56 Å². The van der Waals surface area contributed by atoms with Gasteiger partial charge in [-0.15, -0.1) is 0 Å². The first-order chi connectivity index (χ1) is 18.5. The van der Waals surface area contributed by atoms with E-state index in [1.807, 2.05) is 6.08 Å². The van der Waals surface area contributed by atoms with Gasteiger partial charge in [0.15, 0.2) is 5.78 Å². The molecule has 0 aromatic heterocycles. The number of unbranched alkanes of at least 4 members (excludes halogenated alkanes) is 9. The quantitative estimate of drug-likeness (QED) is 0.100. The van der Waals surface area contributed by atoms with Gasteiger partial charge in [0.1, 0.15) is 5.82 Å². The fraction of sp³-hybridized carbons (Fsp3) is 0.361. The van der Waals surface area contributed by atoms with Gasteiger partial charge in [0.05, 0.1) is 0 Å². The van der Waals surface area contributed by atoms with Crippen molar-refractivity contribution >= 4 is 17.4 Å². The molecule has 0 bridgehead atoms. The second kappa shape index (κ2) is 16.6. The van der Waals surface area contributed by atoms with Crippen molar-refractivity contribution in [1.29, 1.82) is 0 Å². The van der Waals surface area contributed by atoms with E-state index in [1.165, 1.54) is 112 Å². The maximum Gasteiger partial charge on any atom is 0.185 e. The third-order valence-corrected chi connectivity index (χ3v) is 7.16. The largest absolute Gasteiger partial charge is 0.289 e. The number of benzene rings is 3. The highest BCUT2D eigenvalue weighted by Crippen LogP contribution is 2.16. The third kappa shape index (κ3) is 11.0. The molecule has 3 aromatic rings. The van der Waals surface area contributed by atoms with Crippen LogP contribution in [0.5, 0.6) is 0 Å². The molecule has 0 unspecified atom stereocenters. The van der Waals surface area contributed by atoms with Gasteiger partial charge in [-0.25, -0.2) is 4.39 Å². The molecule has 0 spiro atoms. The molecule has 0 amide bonds. The van der Waals surface area contributed by atoms with Gasteiger partial charge in [-0.3, -0.25) is 4.79 Å². The molecule has 0 saturated heterocycles. The van der Waals surface area contributed by atoms with E-state index < -0.39 is 0 Å². The van der Waals surface area contributed by atoms with Crippen LogP contribution in [0.2, 0.25) is 0 Å². The number of hydrogen-bond donors (Lipinski definition) is 0. The molecule has 38 heavy (non-hydrogen) atoms. The molecule has 3 rings (SSSR count). The highest BCUT2D eigenvalue weighted by atomic mass is 19.1. The summed E-state index contributed by atoms with van der Waals surface area (Å²) in [7, 11) is 0. The van der Waals surface area contributed by atoms with Crippen LogP contribution >= 0.6 is 0 Å². The van der Waals surface area contributed by atoms with E-state index in [4.69, 9.17) is 0 Å². The van der Waals surface area contributed by atoms with Gasteiger partial charge in [0.2, 0.25) is 0 Å². The molecule has 0 saturated carbocycles. The second-order valence-corrected chi connectivity index (χ2v) is 10.5. The number of aryl methyl sites for hydroxylation is 2. The Morgan fingerprint density at radius 1 is 0.632 bits per heavy atom. The van der Waals surface area contributed by atoms with Crippen molar-refractivity contribution in [2.24, 2.45) is 0 Å². The van der Waals surface area contributed by atoms with Gasteiger partial charge >= 0.3 is 0 Å². The van der Waals surface area contributed by atoms with Gasteiger partial charge in [0.25, 0.3) is 0 Å². The summed E-state index contributed by atoms with van der Waals surface area (Å²) in [5, 5.41) is 0. The van der Waals surface area contributed by atoms with E-state index in [2.05, 4.69) is 62.0 Å². The minimum Gasteiger partial charge on any atom is -0.289 e. The van der Waals surface area contributed by atoms with Gasteiger partial charge in [-0.05, 0) is 85.2 Å².